The molecule has 0 aromatic rings. The standard InChI is InChI=1S/C11H23NO.C3H6.2C2H6.CH4O.CH2O/c1-10(2,3)9(13)8-11(4)6-5-7-12-11;1-3-2;4*1-2/h9,12-13H,5-8H2,1-4H3;3H,1H2,2H3;2*1-2H3;2H,1H3;1H2. The van der Waals surface area contributed by atoms with E-state index in [1.807, 2.05) is 41.4 Å². The van der Waals surface area contributed by atoms with Gasteiger partial charge in [-0.15, -0.1) is 6.58 Å². The zero-order chi connectivity index (χ0) is 20.8. The predicted octanol–water partition coefficient (Wildman–Crippen LogP) is 4.59. The van der Waals surface area contributed by atoms with Gasteiger partial charge in [-0.25, -0.2) is 0 Å². The zero-order valence-corrected chi connectivity index (χ0v) is 18.2. The molecule has 1 aliphatic heterocycles. The van der Waals surface area contributed by atoms with Crippen LogP contribution >= 0.6 is 0 Å². The van der Waals surface area contributed by atoms with E-state index in [0.29, 0.717) is 0 Å². The van der Waals surface area contributed by atoms with E-state index in [4.69, 9.17) is 9.90 Å². The van der Waals surface area contributed by atoms with Crippen LogP contribution in [0.15, 0.2) is 12.7 Å². The average Bonchev–Trinajstić information content (AvgIpc) is 3.01. The van der Waals surface area contributed by atoms with Gasteiger partial charge in [0.25, 0.3) is 0 Å². The average molecular weight is 350 g/mol. The first-order chi connectivity index (χ1) is 11.2. The minimum atomic E-state index is -0.205. The van der Waals surface area contributed by atoms with Crippen molar-refractivity contribution < 1.29 is 15.0 Å². The van der Waals surface area contributed by atoms with Gasteiger partial charge in [-0.2, -0.15) is 0 Å². The van der Waals surface area contributed by atoms with Gasteiger partial charge in [-0.05, 0) is 45.1 Å². The van der Waals surface area contributed by atoms with Crippen molar-refractivity contribution >= 4 is 6.79 Å². The minimum Gasteiger partial charge on any atom is -0.400 e. The normalized spacial score (nSPS) is 18.8. The minimum absolute atomic E-state index is 0.00722. The summed E-state index contributed by atoms with van der Waals surface area (Å²) in [5.41, 5.74) is 0.181. The first-order valence-electron chi connectivity index (χ1n) is 8.99. The molecule has 0 bridgehead atoms. The van der Waals surface area contributed by atoms with E-state index in [1.54, 1.807) is 6.08 Å². The van der Waals surface area contributed by atoms with E-state index < -0.39 is 0 Å². The highest BCUT2D eigenvalue weighted by atomic mass is 16.3. The molecular formula is C20H47NO3. The molecule has 24 heavy (non-hydrogen) atoms. The number of aliphatic hydroxyl groups is 2. The van der Waals surface area contributed by atoms with E-state index in [9.17, 15) is 5.11 Å². The van der Waals surface area contributed by atoms with Crippen molar-refractivity contribution in [2.24, 2.45) is 5.41 Å². The summed E-state index contributed by atoms with van der Waals surface area (Å²) in [5.74, 6) is 0. The number of carbonyl (C=O) groups excluding carboxylic acids is 1. The van der Waals surface area contributed by atoms with Gasteiger partial charge >= 0.3 is 0 Å². The second-order valence-corrected chi connectivity index (χ2v) is 6.09. The van der Waals surface area contributed by atoms with Crippen LogP contribution in [0.1, 0.15) is 81.6 Å². The Morgan fingerprint density at radius 2 is 1.50 bits per heavy atom. The van der Waals surface area contributed by atoms with Crippen LogP contribution in [0.3, 0.4) is 0 Å². The molecule has 1 rings (SSSR count). The summed E-state index contributed by atoms with van der Waals surface area (Å²) >= 11 is 0. The second-order valence-electron chi connectivity index (χ2n) is 6.09. The van der Waals surface area contributed by atoms with Crippen molar-refractivity contribution in [2.75, 3.05) is 13.7 Å². The van der Waals surface area contributed by atoms with Crippen LogP contribution in [0.25, 0.3) is 0 Å². The Morgan fingerprint density at radius 1 is 1.17 bits per heavy atom. The van der Waals surface area contributed by atoms with Crippen molar-refractivity contribution in [3.63, 3.8) is 0 Å². The van der Waals surface area contributed by atoms with Gasteiger partial charge in [0.15, 0.2) is 0 Å². The van der Waals surface area contributed by atoms with Crippen LogP contribution in [0.2, 0.25) is 0 Å². The molecule has 1 aliphatic rings. The van der Waals surface area contributed by atoms with E-state index in [-0.39, 0.29) is 17.1 Å². The van der Waals surface area contributed by atoms with Crippen molar-refractivity contribution in [3.05, 3.63) is 12.7 Å². The van der Waals surface area contributed by atoms with Crippen molar-refractivity contribution in [1.29, 1.82) is 0 Å². The second kappa shape index (κ2) is 24.5. The maximum atomic E-state index is 9.97. The van der Waals surface area contributed by atoms with E-state index in [2.05, 4.69) is 39.6 Å². The number of carbonyl (C=O) groups is 1. The SMILES string of the molecule is C=CC.C=O.CC.CC.CC1(CC(O)C(C)(C)C)CCCN1.CO. The van der Waals surface area contributed by atoms with Gasteiger partial charge < -0.3 is 20.3 Å². The molecular weight excluding hydrogens is 302 g/mol. The van der Waals surface area contributed by atoms with Crippen LogP contribution in [0.5, 0.6) is 0 Å². The Bertz CT molecular complexity index is 219. The molecule has 1 heterocycles. The largest absolute Gasteiger partial charge is 0.400 e. The molecule has 4 heteroatoms. The van der Waals surface area contributed by atoms with Gasteiger partial charge in [0.1, 0.15) is 6.79 Å². The quantitative estimate of drug-likeness (QED) is 0.638. The number of aliphatic hydroxyl groups excluding tert-OH is 2. The highest BCUT2D eigenvalue weighted by molar-refractivity contribution is 5.11. The molecule has 3 N–H and O–H groups in total. The molecule has 4 nitrogen and oxygen atoms in total. The molecule has 0 spiro atoms. The molecule has 0 aromatic heterocycles. The number of hydrogen-bond donors (Lipinski definition) is 3. The first kappa shape index (κ1) is 34.6. The van der Waals surface area contributed by atoms with E-state index >= 15 is 0 Å². The van der Waals surface area contributed by atoms with Crippen LogP contribution in [-0.4, -0.2) is 42.3 Å². The Kier molecular flexibility index (Phi) is 35.4. The number of nitrogens with one attached hydrogen (secondary N) is 1. The van der Waals surface area contributed by atoms with Crippen molar-refractivity contribution in [2.45, 2.75) is 93.2 Å². The molecule has 150 valence electrons. The van der Waals surface area contributed by atoms with Crippen molar-refractivity contribution in [3.8, 4) is 0 Å². The van der Waals surface area contributed by atoms with Crippen LogP contribution in [0.4, 0.5) is 0 Å². The Hall–Kier alpha value is -0.710. The molecule has 0 radical (unpaired) electrons. The fraction of sp³-hybridized carbons (Fsp3) is 0.850. The third-order valence-corrected chi connectivity index (χ3v) is 3.10. The van der Waals surface area contributed by atoms with Gasteiger partial charge in [0, 0.05) is 12.6 Å². The first-order valence-corrected chi connectivity index (χ1v) is 8.99. The lowest BCUT2D eigenvalue weighted by Crippen LogP contribution is -2.43. The van der Waals surface area contributed by atoms with Gasteiger partial charge in [-0.3, -0.25) is 0 Å². The molecule has 2 unspecified atom stereocenters. The fourth-order valence-electron chi connectivity index (χ4n) is 1.86. The van der Waals surface area contributed by atoms with E-state index in [0.717, 1.165) is 20.1 Å². The molecule has 0 amide bonds. The smallest absolute Gasteiger partial charge is 0.106 e. The molecule has 1 fully saturated rings. The van der Waals surface area contributed by atoms with Crippen LogP contribution < -0.4 is 5.32 Å². The Morgan fingerprint density at radius 3 is 1.71 bits per heavy atom. The monoisotopic (exact) mass is 349 g/mol. The molecule has 0 aliphatic carbocycles. The predicted molar refractivity (Wildman–Crippen MR) is 110 cm³/mol. The van der Waals surface area contributed by atoms with Crippen LogP contribution in [-0.2, 0) is 4.79 Å². The summed E-state index contributed by atoms with van der Waals surface area (Å²) in [6.07, 6.45) is 4.85. The summed E-state index contributed by atoms with van der Waals surface area (Å²) < 4.78 is 0. The number of allylic oxidation sites excluding steroid dienone is 1. The molecule has 2 atom stereocenters. The third kappa shape index (κ3) is 23.6. The van der Waals surface area contributed by atoms with Gasteiger partial charge in [0.05, 0.1) is 6.10 Å². The third-order valence-electron chi connectivity index (χ3n) is 3.10. The van der Waals surface area contributed by atoms with Crippen molar-refractivity contribution in [1.82, 2.24) is 5.32 Å². The lowest BCUT2D eigenvalue weighted by Gasteiger charge is -2.33. The summed E-state index contributed by atoms with van der Waals surface area (Å²) in [6.45, 7) is 24.9. The van der Waals surface area contributed by atoms with E-state index in [1.165, 1.54) is 12.8 Å². The number of rotatable bonds is 2. The highest BCUT2D eigenvalue weighted by Crippen LogP contribution is 2.30. The molecule has 0 aromatic carbocycles. The summed E-state index contributed by atoms with van der Waals surface area (Å²) in [4.78, 5) is 8.00. The fourth-order valence-corrected chi connectivity index (χ4v) is 1.86. The Balaban J connectivity index is -0.0000000924. The molecule has 0 saturated carbocycles. The van der Waals surface area contributed by atoms with Crippen LogP contribution in [0, 0.1) is 5.41 Å². The maximum absolute atomic E-state index is 9.97. The lowest BCUT2D eigenvalue weighted by molar-refractivity contribution is -0.0979. The van der Waals surface area contributed by atoms with Gasteiger partial charge in [0.2, 0.25) is 0 Å². The highest BCUT2D eigenvalue weighted by Gasteiger charge is 2.34. The Labute approximate surface area is 152 Å². The molecule has 1 saturated heterocycles. The summed E-state index contributed by atoms with van der Waals surface area (Å²) in [5, 5.41) is 20.4. The summed E-state index contributed by atoms with van der Waals surface area (Å²) in [7, 11) is 1.00. The maximum Gasteiger partial charge on any atom is 0.106 e. The lowest BCUT2D eigenvalue weighted by atomic mass is 9.80. The zero-order valence-electron chi connectivity index (χ0n) is 18.2. The number of hydrogen-bond acceptors (Lipinski definition) is 4. The summed E-state index contributed by atoms with van der Waals surface area (Å²) in [6, 6.07) is 0. The van der Waals surface area contributed by atoms with Gasteiger partial charge in [-0.1, -0.05) is 54.5 Å². The topological polar surface area (TPSA) is 69.6 Å².